The number of likely N-dealkylation sites (N-methyl/N-ethyl adjacent to an activating group) is 2. The van der Waals surface area contributed by atoms with Gasteiger partial charge in [-0.25, -0.2) is 0 Å². The summed E-state index contributed by atoms with van der Waals surface area (Å²) in [6.45, 7) is 11.9. The Morgan fingerprint density at radius 1 is 1.33 bits per heavy atom. The highest BCUT2D eigenvalue weighted by molar-refractivity contribution is 5.78. The summed E-state index contributed by atoms with van der Waals surface area (Å²) in [6.07, 6.45) is 2.27. The first-order valence-electron chi connectivity index (χ1n) is 6.87. The van der Waals surface area contributed by atoms with Crippen molar-refractivity contribution in [3.63, 3.8) is 0 Å². The highest BCUT2D eigenvalue weighted by atomic mass is 16.2. The standard InChI is InChI=1S/C14H27N3O/c1-5-17(10-12(2)3)14(18)11-16(4)13-6-8-15-9-7-13/h13,15H,2,5-11H2,1,3-4H3. The predicted octanol–water partition coefficient (Wildman–Crippen LogP) is 1.09. The molecule has 0 aliphatic carbocycles. The van der Waals surface area contributed by atoms with Gasteiger partial charge in [0.2, 0.25) is 5.91 Å². The van der Waals surface area contributed by atoms with Crippen molar-refractivity contribution in [2.24, 2.45) is 0 Å². The maximum Gasteiger partial charge on any atom is 0.237 e. The summed E-state index contributed by atoms with van der Waals surface area (Å²) in [4.78, 5) is 16.3. The molecule has 1 saturated heterocycles. The molecule has 0 saturated carbocycles. The number of carbonyl (C=O) groups is 1. The van der Waals surface area contributed by atoms with E-state index in [1.165, 1.54) is 0 Å². The first-order valence-corrected chi connectivity index (χ1v) is 6.87. The lowest BCUT2D eigenvalue weighted by Gasteiger charge is -2.32. The summed E-state index contributed by atoms with van der Waals surface area (Å²) in [7, 11) is 2.06. The monoisotopic (exact) mass is 253 g/mol. The van der Waals surface area contributed by atoms with Crippen LogP contribution >= 0.6 is 0 Å². The van der Waals surface area contributed by atoms with Crippen LogP contribution in [0.3, 0.4) is 0 Å². The van der Waals surface area contributed by atoms with Crippen LogP contribution in [0.1, 0.15) is 26.7 Å². The number of hydrogen-bond donors (Lipinski definition) is 1. The van der Waals surface area contributed by atoms with Crippen LogP contribution in [-0.4, -0.2) is 61.5 Å². The molecule has 0 atom stereocenters. The average Bonchev–Trinajstić information content (AvgIpc) is 2.36. The molecule has 1 heterocycles. The van der Waals surface area contributed by atoms with E-state index in [-0.39, 0.29) is 5.91 Å². The molecule has 104 valence electrons. The zero-order chi connectivity index (χ0) is 13.5. The number of nitrogens with zero attached hydrogens (tertiary/aromatic N) is 2. The first-order chi connectivity index (χ1) is 8.54. The summed E-state index contributed by atoms with van der Waals surface area (Å²) in [6, 6.07) is 0.540. The Labute approximate surface area is 111 Å². The fourth-order valence-corrected chi connectivity index (χ4v) is 2.39. The molecule has 4 heteroatoms. The van der Waals surface area contributed by atoms with E-state index in [0.29, 0.717) is 19.1 Å². The number of piperidine rings is 1. The van der Waals surface area contributed by atoms with Crippen LogP contribution in [0.25, 0.3) is 0 Å². The molecule has 1 aliphatic heterocycles. The van der Waals surface area contributed by atoms with Crippen molar-refractivity contribution < 1.29 is 4.79 Å². The van der Waals surface area contributed by atoms with Crippen molar-refractivity contribution in [3.05, 3.63) is 12.2 Å². The van der Waals surface area contributed by atoms with Crippen molar-refractivity contribution in [2.45, 2.75) is 32.7 Å². The first kappa shape index (κ1) is 15.2. The molecule has 1 amide bonds. The molecule has 1 N–H and O–H groups in total. The molecule has 0 radical (unpaired) electrons. The van der Waals surface area contributed by atoms with E-state index in [4.69, 9.17) is 0 Å². The van der Waals surface area contributed by atoms with Gasteiger partial charge in [0.25, 0.3) is 0 Å². The minimum atomic E-state index is 0.210. The molecule has 1 aliphatic rings. The SMILES string of the molecule is C=C(C)CN(CC)C(=O)CN(C)C1CCNCC1. The molecule has 0 aromatic heterocycles. The Kier molecular flexibility index (Phi) is 6.36. The van der Waals surface area contributed by atoms with E-state index >= 15 is 0 Å². The lowest BCUT2D eigenvalue weighted by molar-refractivity contribution is -0.132. The third-order valence-electron chi connectivity index (χ3n) is 3.51. The molecular weight excluding hydrogens is 226 g/mol. The Morgan fingerprint density at radius 2 is 1.94 bits per heavy atom. The highest BCUT2D eigenvalue weighted by Crippen LogP contribution is 2.10. The van der Waals surface area contributed by atoms with Gasteiger partial charge in [0.15, 0.2) is 0 Å². The molecule has 4 nitrogen and oxygen atoms in total. The van der Waals surface area contributed by atoms with Gasteiger partial charge >= 0.3 is 0 Å². The van der Waals surface area contributed by atoms with Crippen LogP contribution in [-0.2, 0) is 4.79 Å². The van der Waals surface area contributed by atoms with E-state index in [9.17, 15) is 4.79 Å². The molecule has 0 aromatic carbocycles. The second-order valence-corrected chi connectivity index (χ2v) is 5.26. The minimum absolute atomic E-state index is 0.210. The third-order valence-corrected chi connectivity index (χ3v) is 3.51. The van der Waals surface area contributed by atoms with Crippen molar-refractivity contribution in [1.82, 2.24) is 15.1 Å². The fourth-order valence-electron chi connectivity index (χ4n) is 2.39. The van der Waals surface area contributed by atoms with Gasteiger partial charge in [0.1, 0.15) is 0 Å². The van der Waals surface area contributed by atoms with Crippen LogP contribution in [0.15, 0.2) is 12.2 Å². The largest absolute Gasteiger partial charge is 0.338 e. The quantitative estimate of drug-likeness (QED) is 0.720. The van der Waals surface area contributed by atoms with Crippen molar-refractivity contribution >= 4 is 5.91 Å². The minimum Gasteiger partial charge on any atom is -0.338 e. The summed E-state index contributed by atoms with van der Waals surface area (Å²) in [5.74, 6) is 0.210. The van der Waals surface area contributed by atoms with Crippen molar-refractivity contribution in [1.29, 1.82) is 0 Å². The summed E-state index contributed by atoms with van der Waals surface area (Å²) in [5, 5.41) is 3.35. The van der Waals surface area contributed by atoms with Gasteiger partial charge in [-0.05, 0) is 46.8 Å². The van der Waals surface area contributed by atoms with E-state index in [0.717, 1.165) is 38.0 Å². The fraction of sp³-hybridized carbons (Fsp3) is 0.786. The highest BCUT2D eigenvalue weighted by Gasteiger charge is 2.21. The molecule has 0 spiro atoms. The number of amides is 1. The Balaban J connectivity index is 2.43. The van der Waals surface area contributed by atoms with Crippen molar-refractivity contribution in [2.75, 3.05) is 39.8 Å². The number of rotatable bonds is 6. The van der Waals surface area contributed by atoms with Gasteiger partial charge in [-0.3, -0.25) is 9.69 Å². The Hall–Kier alpha value is -0.870. The van der Waals surface area contributed by atoms with Gasteiger partial charge in [0.05, 0.1) is 6.54 Å². The Bertz CT molecular complexity index is 285. The molecule has 0 aromatic rings. The van der Waals surface area contributed by atoms with Gasteiger partial charge in [-0.2, -0.15) is 0 Å². The topological polar surface area (TPSA) is 35.6 Å². The smallest absolute Gasteiger partial charge is 0.237 e. The van der Waals surface area contributed by atoms with Crippen LogP contribution in [0, 0.1) is 0 Å². The predicted molar refractivity (Wildman–Crippen MR) is 75.6 cm³/mol. The van der Waals surface area contributed by atoms with Gasteiger partial charge in [0, 0.05) is 19.1 Å². The molecule has 0 bridgehead atoms. The molecule has 1 fully saturated rings. The van der Waals surface area contributed by atoms with Crippen LogP contribution in [0.5, 0.6) is 0 Å². The van der Waals surface area contributed by atoms with Gasteiger partial charge in [-0.15, -0.1) is 0 Å². The average molecular weight is 253 g/mol. The molecule has 18 heavy (non-hydrogen) atoms. The summed E-state index contributed by atoms with van der Waals surface area (Å²) in [5.41, 5.74) is 1.04. The normalized spacial score (nSPS) is 16.9. The summed E-state index contributed by atoms with van der Waals surface area (Å²) < 4.78 is 0. The van der Waals surface area contributed by atoms with Crippen LogP contribution in [0.4, 0.5) is 0 Å². The van der Waals surface area contributed by atoms with Crippen LogP contribution in [0.2, 0.25) is 0 Å². The summed E-state index contributed by atoms with van der Waals surface area (Å²) >= 11 is 0. The van der Waals surface area contributed by atoms with Gasteiger partial charge < -0.3 is 10.2 Å². The zero-order valence-electron chi connectivity index (χ0n) is 12.0. The number of hydrogen-bond acceptors (Lipinski definition) is 3. The Morgan fingerprint density at radius 3 is 2.44 bits per heavy atom. The van der Waals surface area contributed by atoms with E-state index in [1.54, 1.807) is 0 Å². The molecule has 1 rings (SSSR count). The molecule has 0 unspecified atom stereocenters. The third kappa shape index (κ3) is 4.78. The maximum atomic E-state index is 12.2. The number of nitrogens with one attached hydrogen (secondary N) is 1. The van der Waals surface area contributed by atoms with E-state index in [1.807, 2.05) is 18.7 Å². The molecular formula is C14H27N3O. The van der Waals surface area contributed by atoms with Crippen molar-refractivity contribution in [3.8, 4) is 0 Å². The second-order valence-electron chi connectivity index (χ2n) is 5.26. The van der Waals surface area contributed by atoms with E-state index < -0.39 is 0 Å². The lowest BCUT2D eigenvalue weighted by atomic mass is 10.1. The van der Waals surface area contributed by atoms with E-state index in [2.05, 4.69) is 23.8 Å². The number of carbonyl (C=O) groups excluding carboxylic acids is 1. The zero-order valence-corrected chi connectivity index (χ0v) is 12.0. The lowest BCUT2D eigenvalue weighted by Crippen LogP contribution is -2.46. The maximum absolute atomic E-state index is 12.2. The second kappa shape index (κ2) is 7.54. The van der Waals surface area contributed by atoms with Crippen LogP contribution < -0.4 is 5.32 Å². The van der Waals surface area contributed by atoms with Gasteiger partial charge in [-0.1, -0.05) is 12.2 Å².